The molecule has 0 bridgehead atoms. The molecule has 0 aliphatic heterocycles. The minimum absolute atomic E-state index is 0.0796. The number of nitrogens with zero attached hydrogens (tertiary/aromatic N) is 2. The van der Waals surface area contributed by atoms with E-state index in [9.17, 15) is 15.0 Å². The van der Waals surface area contributed by atoms with E-state index in [1.54, 1.807) is 6.92 Å². The molecule has 100 valence electrons. The van der Waals surface area contributed by atoms with E-state index >= 15 is 0 Å². The quantitative estimate of drug-likeness (QED) is 0.529. The Kier molecular flexibility index (Phi) is 5.36. The van der Waals surface area contributed by atoms with Gasteiger partial charge in [0.15, 0.2) is 5.16 Å². The number of aromatic nitrogens is 2. The summed E-state index contributed by atoms with van der Waals surface area (Å²) in [6, 6.07) is 0. The van der Waals surface area contributed by atoms with Crippen LogP contribution < -0.4 is 5.32 Å². The SMILES string of the molecule is CCc1nc(SC)nc(NC[C@@H](C)O)c1C(=O)O. The Morgan fingerprint density at radius 1 is 1.50 bits per heavy atom. The van der Waals surface area contributed by atoms with Crippen LogP contribution in [0.25, 0.3) is 0 Å². The molecule has 0 fully saturated rings. The predicted molar refractivity (Wildman–Crippen MR) is 70.3 cm³/mol. The number of aliphatic hydroxyl groups is 1. The minimum Gasteiger partial charge on any atom is -0.477 e. The fourth-order valence-electron chi connectivity index (χ4n) is 1.43. The third kappa shape index (κ3) is 3.58. The lowest BCUT2D eigenvalue weighted by Gasteiger charge is -2.13. The van der Waals surface area contributed by atoms with Gasteiger partial charge in [-0.1, -0.05) is 18.7 Å². The maximum atomic E-state index is 11.3. The third-order valence-corrected chi connectivity index (χ3v) is 2.81. The predicted octanol–water partition coefficient (Wildman–Crippen LogP) is 1.25. The fraction of sp³-hybridized carbons (Fsp3) is 0.545. The molecule has 1 aromatic heterocycles. The van der Waals surface area contributed by atoms with Gasteiger partial charge in [0.1, 0.15) is 11.4 Å². The number of carboxylic acids is 1. The Labute approximate surface area is 110 Å². The summed E-state index contributed by atoms with van der Waals surface area (Å²) in [5, 5.41) is 21.8. The maximum Gasteiger partial charge on any atom is 0.341 e. The topological polar surface area (TPSA) is 95.3 Å². The van der Waals surface area contributed by atoms with E-state index < -0.39 is 12.1 Å². The molecule has 3 N–H and O–H groups in total. The van der Waals surface area contributed by atoms with Crippen molar-refractivity contribution in [3.8, 4) is 0 Å². The molecule has 0 saturated heterocycles. The van der Waals surface area contributed by atoms with Crippen molar-refractivity contribution in [2.24, 2.45) is 0 Å². The van der Waals surface area contributed by atoms with E-state index in [1.165, 1.54) is 11.8 Å². The molecule has 0 radical (unpaired) electrons. The Hall–Kier alpha value is -1.34. The second kappa shape index (κ2) is 6.55. The zero-order valence-corrected chi connectivity index (χ0v) is 11.4. The van der Waals surface area contributed by atoms with Crippen LogP contribution in [0, 0.1) is 0 Å². The van der Waals surface area contributed by atoms with Crippen molar-refractivity contribution in [3.05, 3.63) is 11.3 Å². The van der Waals surface area contributed by atoms with E-state index in [4.69, 9.17) is 0 Å². The summed E-state index contributed by atoms with van der Waals surface area (Å²) in [6.07, 6.45) is 1.76. The molecular formula is C11H17N3O3S. The average Bonchev–Trinajstić information content (AvgIpc) is 2.34. The average molecular weight is 271 g/mol. The largest absolute Gasteiger partial charge is 0.477 e. The first kappa shape index (κ1) is 14.7. The molecule has 0 amide bonds. The van der Waals surface area contributed by atoms with Crippen LogP contribution in [-0.2, 0) is 6.42 Å². The highest BCUT2D eigenvalue weighted by Crippen LogP contribution is 2.21. The maximum absolute atomic E-state index is 11.3. The van der Waals surface area contributed by atoms with Crippen LogP contribution in [0.5, 0.6) is 0 Å². The molecule has 1 atom stereocenters. The molecular weight excluding hydrogens is 254 g/mol. The third-order valence-electron chi connectivity index (χ3n) is 2.26. The first-order valence-electron chi connectivity index (χ1n) is 5.59. The highest BCUT2D eigenvalue weighted by atomic mass is 32.2. The second-order valence-corrected chi connectivity index (χ2v) is 4.54. The summed E-state index contributed by atoms with van der Waals surface area (Å²) >= 11 is 1.35. The number of aryl methyl sites for hydroxylation is 1. The molecule has 0 spiro atoms. The number of carbonyl (C=O) groups is 1. The van der Waals surface area contributed by atoms with Crippen LogP contribution in [-0.4, -0.2) is 45.1 Å². The van der Waals surface area contributed by atoms with E-state index in [1.807, 2.05) is 13.2 Å². The number of rotatable bonds is 6. The molecule has 0 aliphatic carbocycles. The molecule has 6 nitrogen and oxygen atoms in total. The Morgan fingerprint density at radius 3 is 2.61 bits per heavy atom. The van der Waals surface area contributed by atoms with Crippen LogP contribution in [0.1, 0.15) is 29.9 Å². The van der Waals surface area contributed by atoms with Crippen LogP contribution in [0.4, 0.5) is 5.82 Å². The van der Waals surface area contributed by atoms with Gasteiger partial charge in [-0.25, -0.2) is 14.8 Å². The van der Waals surface area contributed by atoms with Crippen molar-refractivity contribution in [1.29, 1.82) is 0 Å². The van der Waals surface area contributed by atoms with Crippen molar-refractivity contribution in [1.82, 2.24) is 9.97 Å². The smallest absolute Gasteiger partial charge is 0.341 e. The molecule has 18 heavy (non-hydrogen) atoms. The zero-order chi connectivity index (χ0) is 13.7. The standard InChI is InChI=1S/C11H17N3O3S/c1-4-7-8(10(16)17)9(12-5-6(2)15)14-11(13-7)18-3/h6,15H,4-5H2,1-3H3,(H,16,17)(H,12,13,14)/t6-/m1/s1. The van der Waals surface area contributed by atoms with Crippen molar-refractivity contribution in [2.75, 3.05) is 18.1 Å². The summed E-state index contributed by atoms with van der Waals surface area (Å²) in [7, 11) is 0. The van der Waals surface area contributed by atoms with E-state index in [-0.39, 0.29) is 17.9 Å². The number of hydrogen-bond acceptors (Lipinski definition) is 6. The van der Waals surface area contributed by atoms with Crippen molar-refractivity contribution in [3.63, 3.8) is 0 Å². The molecule has 0 aromatic carbocycles. The number of anilines is 1. The molecule has 1 heterocycles. The van der Waals surface area contributed by atoms with Crippen LogP contribution in [0.3, 0.4) is 0 Å². The normalized spacial score (nSPS) is 12.2. The summed E-state index contributed by atoms with van der Waals surface area (Å²) in [6.45, 7) is 3.70. The van der Waals surface area contributed by atoms with Gasteiger partial charge in [-0.05, 0) is 19.6 Å². The van der Waals surface area contributed by atoms with Gasteiger partial charge in [0.2, 0.25) is 0 Å². The number of hydrogen-bond donors (Lipinski definition) is 3. The van der Waals surface area contributed by atoms with Gasteiger partial charge in [-0.2, -0.15) is 0 Å². The van der Waals surface area contributed by atoms with Crippen molar-refractivity contribution < 1.29 is 15.0 Å². The minimum atomic E-state index is -1.06. The number of thioether (sulfide) groups is 1. The van der Waals surface area contributed by atoms with Crippen LogP contribution in [0.15, 0.2) is 5.16 Å². The van der Waals surface area contributed by atoms with Crippen molar-refractivity contribution in [2.45, 2.75) is 31.5 Å². The molecule has 0 saturated carbocycles. The van der Waals surface area contributed by atoms with Gasteiger partial charge in [0.25, 0.3) is 0 Å². The van der Waals surface area contributed by atoms with E-state index in [0.29, 0.717) is 17.3 Å². The number of aromatic carboxylic acids is 1. The van der Waals surface area contributed by atoms with Gasteiger partial charge < -0.3 is 15.5 Å². The molecule has 1 aromatic rings. The lowest BCUT2D eigenvalue weighted by Crippen LogP contribution is -2.20. The number of aliphatic hydroxyl groups excluding tert-OH is 1. The van der Waals surface area contributed by atoms with Gasteiger partial charge in [0, 0.05) is 6.54 Å². The lowest BCUT2D eigenvalue weighted by molar-refractivity contribution is 0.0695. The van der Waals surface area contributed by atoms with Gasteiger partial charge in [-0.3, -0.25) is 0 Å². The lowest BCUT2D eigenvalue weighted by atomic mass is 10.1. The zero-order valence-electron chi connectivity index (χ0n) is 10.6. The highest BCUT2D eigenvalue weighted by molar-refractivity contribution is 7.98. The number of nitrogens with one attached hydrogen (secondary N) is 1. The highest BCUT2D eigenvalue weighted by Gasteiger charge is 2.19. The van der Waals surface area contributed by atoms with E-state index in [0.717, 1.165) is 0 Å². The van der Waals surface area contributed by atoms with E-state index in [2.05, 4.69) is 15.3 Å². The Balaban J connectivity index is 3.21. The molecule has 1 rings (SSSR count). The molecule has 0 aliphatic rings. The van der Waals surface area contributed by atoms with Crippen LogP contribution in [0.2, 0.25) is 0 Å². The Morgan fingerprint density at radius 2 is 2.17 bits per heavy atom. The monoisotopic (exact) mass is 271 g/mol. The van der Waals surface area contributed by atoms with Gasteiger partial charge >= 0.3 is 5.97 Å². The number of carboxylic acid groups (broad SMARTS) is 1. The molecule has 7 heteroatoms. The van der Waals surface area contributed by atoms with Gasteiger partial charge in [-0.15, -0.1) is 0 Å². The summed E-state index contributed by atoms with van der Waals surface area (Å²) in [5.74, 6) is -0.799. The van der Waals surface area contributed by atoms with Crippen LogP contribution >= 0.6 is 11.8 Å². The molecule has 0 unspecified atom stereocenters. The fourth-order valence-corrected chi connectivity index (χ4v) is 1.81. The summed E-state index contributed by atoms with van der Waals surface area (Å²) in [4.78, 5) is 19.6. The first-order chi connectivity index (χ1) is 8.49. The summed E-state index contributed by atoms with van der Waals surface area (Å²) < 4.78 is 0. The van der Waals surface area contributed by atoms with Crippen molar-refractivity contribution >= 4 is 23.5 Å². The second-order valence-electron chi connectivity index (χ2n) is 3.77. The summed E-state index contributed by atoms with van der Waals surface area (Å²) in [5.41, 5.74) is 0.575. The first-order valence-corrected chi connectivity index (χ1v) is 6.82. The van der Waals surface area contributed by atoms with Gasteiger partial charge in [0.05, 0.1) is 11.8 Å². The Bertz CT molecular complexity index is 438.